The fourth-order valence-corrected chi connectivity index (χ4v) is 3.24. The summed E-state index contributed by atoms with van der Waals surface area (Å²) in [6, 6.07) is 2.90. The third-order valence-corrected chi connectivity index (χ3v) is 4.80. The number of rotatable bonds is 4. The Bertz CT molecular complexity index is 1030. The van der Waals surface area contributed by atoms with Crippen molar-refractivity contribution in [1.82, 2.24) is 14.7 Å². The monoisotopic (exact) mass is 437 g/mol. The number of hydrogen-bond donors (Lipinski definition) is 3. The number of benzene rings is 1. The van der Waals surface area contributed by atoms with Crippen LogP contribution in [0.5, 0.6) is 0 Å². The molecule has 3 N–H and O–H groups in total. The Labute approximate surface area is 161 Å². The number of carbonyl (C=O) groups excluding carboxylic acids is 2. The number of aryl methyl sites for hydroxylation is 1. The lowest BCUT2D eigenvalue weighted by molar-refractivity contribution is -0.167. The predicted molar refractivity (Wildman–Crippen MR) is 92.2 cm³/mol. The molecule has 0 aliphatic heterocycles. The molecule has 1 heterocycles. The number of sulfonamides is 1. The molecule has 0 aliphatic carbocycles. The Morgan fingerprint density at radius 2 is 1.82 bits per heavy atom. The van der Waals surface area contributed by atoms with E-state index in [4.69, 9.17) is 11.6 Å². The number of alkyl halides is 3. The zero-order chi connectivity index (χ0) is 21.1. The number of anilines is 2. The zero-order valence-electron chi connectivity index (χ0n) is 13.8. The highest BCUT2D eigenvalue weighted by atomic mass is 35.5. The number of carbonyl (C=O) groups is 2. The number of halogens is 4. The average molecular weight is 438 g/mol. The third-order valence-electron chi connectivity index (χ3n) is 2.98. The molecular weight excluding hydrogens is 427 g/mol. The lowest BCUT2D eigenvalue weighted by atomic mass is 10.3. The first-order chi connectivity index (χ1) is 12.9. The van der Waals surface area contributed by atoms with E-state index in [2.05, 4.69) is 15.3 Å². The van der Waals surface area contributed by atoms with Crippen molar-refractivity contribution in [3.05, 3.63) is 41.2 Å². The molecule has 3 amide bonds. The molecule has 9 nitrogen and oxygen atoms in total. The van der Waals surface area contributed by atoms with Crippen molar-refractivity contribution < 1.29 is 31.2 Å². The van der Waals surface area contributed by atoms with Crippen LogP contribution in [0.2, 0.25) is 5.02 Å². The number of urea groups is 1. The molecule has 0 saturated carbocycles. The molecule has 150 valence electrons. The van der Waals surface area contributed by atoms with Crippen molar-refractivity contribution >= 4 is 45.2 Å². The molecule has 0 radical (unpaired) electrons. The van der Waals surface area contributed by atoms with Gasteiger partial charge in [-0.05, 0) is 31.2 Å². The summed E-state index contributed by atoms with van der Waals surface area (Å²) in [5, 5.41) is 3.18. The Kier molecular flexibility index (Phi) is 6.09. The van der Waals surface area contributed by atoms with Gasteiger partial charge in [-0.1, -0.05) is 11.6 Å². The lowest BCUT2D eigenvalue weighted by Crippen LogP contribution is -2.35. The predicted octanol–water partition coefficient (Wildman–Crippen LogP) is 2.45. The quantitative estimate of drug-likeness (QED) is 0.673. The Morgan fingerprint density at radius 3 is 2.43 bits per heavy atom. The van der Waals surface area contributed by atoms with E-state index in [1.807, 2.05) is 0 Å². The highest BCUT2D eigenvalue weighted by molar-refractivity contribution is 7.90. The fourth-order valence-electron chi connectivity index (χ4n) is 1.80. The summed E-state index contributed by atoms with van der Waals surface area (Å²) >= 11 is 5.76. The van der Waals surface area contributed by atoms with Gasteiger partial charge in [0.15, 0.2) is 0 Å². The maximum absolute atomic E-state index is 12.3. The number of hydrogen-bond acceptors (Lipinski definition) is 6. The van der Waals surface area contributed by atoms with Crippen molar-refractivity contribution in [3.8, 4) is 0 Å². The van der Waals surface area contributed by atoms with E-state index < -0.39 is 43.7 Å². The van der Waals surface area contributed by atoms with Crippen LogP contribution in [-0.2, 0) is 14.8 Å². The van der Waals surface area contributed by atoms with E-state index >= 15 is 0 Å². The Morgan fingerprint density at radius 1 is 1.14 bits per heavy atom. The summed E-state index contributed by atoms with van der Waals surface area (Å²) < 4.78 is 63.2. The zero-order valence-corrected chi connectivity index (χ0v) is 15.4. The van der Waals surface area contributed by atoms with Gasteiger partial charge < -0.3 is 5.32 Å². The van der Waals surface area contributed by atoms with E-state index in [9.17, 15) is 31.2 Å². The van der Waals surface area contributed by atoms with Crippen LogP contribution in [0.4, 0.5) is 29.6 Å². The molecule has 14 heteroatoms. The second-order valence-electron chi connectivity index (χ2n) is 5.18. The van der Waals surface area contributed by atoms with Crippen LogP contribution < -0.4 is 15.4 Å². The van der Waals surface area contributed by atoms with Crippen LogP contribution in [0.3, 0.4) is 0 Å². The summed E-state index contributed by atoms with van der Waals surface area (Å²) in [4.78, 5) is 29.7. The van der Waals surface area contributed by atoms with Crippen molar-refractivity contribution in [2.75, 3.05) is 10.6 Å². The van der Waals surface area contributed by atoms with Crippen LogP contribution in [0.15, 0.2) is 35.4 Å². The summed E-state index contributed by atoms with van der Waals surface area (Å²) in [6.45, 7) is 1.61. The molecule has 0 atom stereocenters. The molecule has 0 spiro atoms. The normalized spacial score (nSPS) is 11.6. The molecule has 1 aromatic heterocycles. The maximum atomic E-state index is 12.3. The number of aromatic nitrogens is 2. The van der Waals surface area contributed by atoms with Gasteiger partial charge in [0.25, 0.3) is 10.0 Å². The topological polar surface area (TPSA) is 130 Å². The van der Waals surface area contributed by atoms with Gasteiger partial charge in [0.1, 0.15) is 4.90 Å². The van der Waals surface area contributed by atoms with Crippen LogP contribution in [0.1, 0.15) is 5.69 Å². The molecule has 1 aromatic carbocycles. The van der Waals surface area contributed by atoms with Gasteiger partial charge in [-0.3, -0.25) is 10.1 Å². The van der Waals surface area contributed by atoms with Gasteiger partial charge in [-0.2, -0.15) is 13.2 Å². The van der Waals surface area contributed by atoms with Crippen LogP contribution in [0, 0.1) is 6.92 Å². The molecule has 2 rings (SSSR count). The van der Waals surface area contributed by atoms with Crippen molar-refractivity contribution in [2.24, 2.45) is 0 Å². The van der Waals surface area contributed by atoms with Crippen molar-refractivity contribution in [3.63, 3.8) is 0 Å². The minimum Gasteiger partial charge on any atom is -0.318 e. The van der Waals surface area contributed by atoms with Crippen LogP contribution >= 0.6 is 11.6 Å². The SMILES string of the molecule is Cc1ccnc(NC(=O)NS(=O)(=O)c2cc(NC(=O)C(F)(F)F)ccc2Cl)n1. The first kappa shape index (κ1) is 21.4. The second kappa shape index (κ2) is 7.98. The Hall–Kier alpha value is -2.93. The lowest BCUT2D eigenvalue weighted by Gasteiger charge is -2.12. The Balaban J connectivity index is 2.21. The van der Waals surface area contributed by atoms with E-state index in [-0.39, 0.29) is 5.95 Å². The summed E-state index contributed by atoms with van der Waals surface area (Å²) in [7, 11) is -4.60. The summed E-state index contributed by atoms with van der Waals surface area (Å²) in [5.74, 6) is -2.48. The highest BCUT2D eigenvalue weighted by Gasteiger charge is 2.38. The molecule has 0 aliphatic rings. The molecular formula is C14H11ClF3N5O4S. The molecule has 0 saturated heterocycles. The first-order valence-electron chi connectivity index (χ1n) is 7.19. The van der Waals surface area contributed by atoms with Crippen LogP contribution in [-0.4, -0.2) is 36.5 Å². The van der Waals surface area contributed by atoms with E-state index in [0.29, 0.717) is 11.8 Å². The number of nitrogens with one attached hydrogen (secondary N) is 3. The summed E-state index contributed by atoms with van der Waals surface area (Å²) in [6.07, 6.45) is -3.85. The largest absolute Gasteiger partial charge is 0.471 e. The van der Waals surface area contributed by atoms with Gasteiger partial charge in [-0.25, -0.2) is 27.9 Å². The van der Waals surface area contributed by atoms with Gasteiger partial charge in [-0.15, -0.1) is 0 Å². The average Bonchev–Trinajstić information content (AvgIpc) is 2.54. The number of amides is 3. The fraction of sp³-hybridized carbons (Fsp3) is 0.143. The second-order valence-corrected chi connectivity index (χ2v) is 7.24. The van der Waals surface area contributed by atoms with Gasteiger partial charge >= 0.3 is 18.1 Å². The molecule has 2 aromatic rings. The molecule has 0 fully saturated rings. The minimum atomic E-state index is -5.18. The summed E-state index contributed by atoms with van der Waals surface area (Å²) in [5.41, 5.74) is 0.0128. The van der Waals surface area contributed by atoms with Gasteiger partial charge in [0.2, 0.25) is 5.95 Å². The molecule has 0 unspecified atom stereocenters. The smallest absolute Gasteiger partial charge is 0.318 e. The van der Waals surface area contributed by atoms with Crippen molar-refractivity contribution in [1.29, 1.82) is 0 Å². The van der Waals surface area contributed by atoms with Crippen LogP contribution in [0.25, 0.3) is 0 Å². The highest BCUT2D eigenvalue weighted by Crippen LogP contribution is 2.26. The first-order valence-corrected chi connectivity index (χ1v) is 9.06. The van der Waals surface area contributed by atoms with Gasteiger partial charge in [0.05, 0.1) is 5.02 Å². The third kappa shape index (κ3) is 5.53. The number of nitrogens with zero attached hydrogens (tertiary/aromatic N) is 2. The van der Waals surface area contributed by atoms with E-state index in [1.54, 1.807) is 17.7 Å². The van der Waals surface area contributed by atoms with Gasteiger partial charge in [0, 0.05) is 17.6 Å². The van der Waals surface area contributed by atoms with E-state index in [1.165, 1.54) is 11.5 Å². The molecule has 0 bridgehead atoms. The maximum Gasteiger partial charge on any atom is 0.471 e. The van der Waals surface area contributed by atoms with Crippen molar-refractivity contribution in [2.45, 2.75) is 18.0 Å². The molecule has 28 heavy (non-hydrogen) atoms. The standard InChI is InChI=1S/C14H11ClF3N5O4S/c1-7-4-5-19-12(20-7)22-13(25)23-28(26,27)10-6-8(2-3-9(10)15)21-11(24)14(16,17)18/h2-6H,1H3,(H,21,24)(H2,19,20,22,23,25). The minimum absolute atomic E-state index is 0.176. The van der Waals surface area contributed by atoms with E-state index in [0.717, 1.165) is 12.1 Å².